The molecule has 0 radical (unpaired) electrons. The molecule has 136 valence electrons. The summed E-state index contributed by atoms with van der Waals surface area (Å²) in [4.78, 5) is 12.7. The third kappa shape index (κ3) is 4.00. The van der Waals surface area contributed by atoms with E-state index in [0.717, 1.165) is 17.5 Å². The maximum atomic E-state index is 12.7. The maximum absolute atomic E-state index is 12.7. The summed E-state index contributed by atoms with van der Waals surface area (Å²) in [5, 5.41) is 3.67. The zero-order valence-corrected chi connectivity index (χ0v) is 15.7. The van der Waals surface area contributed by atoms with Gasteiger partial charge in [-0.3, -0.25) is 4.79 Å². The Kier molecular flexibility index (Phi) is 6.12. The van der Waals surface area contributed by atoms with Gasteiger partial charge in [0.05, 0.1) is 12.5 Å². The van der Waals surface area contributed by atoms with Crippen molar-refractivity contribution < 1.29 is 9.53 Å². The summed E-state index contributed by atoms with van der Waals surface area (Å²) in [6.07, 6.45) is 5.38. The number of amides is 1. The lowest BCUT2D eigenvalue weighted by Gasteiger charge is -2.43. The molecule has 1 fully saturated rings. The molecule has 1 aliphatic heterocycles. The molecule has 0 saturated carbocycles. The van der Waals surface area contributed by atoms with E-state index < -0.39 is 5.60 Å². The van der Waals surface area contributed by atoms with Gasteiger partial charge in [0.15, 0.2) is 0 Å². The summed E-state index contributed by atoms with van der Waals surface area (Å²) in [7, 11) is 0. The number of halogens is 1. The van der Waals surface area contributed by atoms with E-state index in [1.807, 2.05) is 73.7 Å². The van der Waals surface area contributed by atoms with E-state index in [0.29, 0.717) is 24.6 Å². The maximum Gasteiger partial charge on any atom is 0.226 e. The van der Waals surface area contributed by atoms with Crippen molar-refractivity contribution in [2.45, 2.75) is 32.0 Å². The standard InChI is InChI=1S/C22H24ClNO2/c1-2-3-9-20-21(25)24-15-14-22(20,18-10-12-19(23)13-11-18)26-16-17-7-5-4-6-8-17/h2-8,10-13,20H,9,14-16H2,1H3,(H,24,25). The largest absolute Gasteiger partial charge is 0.365 e. The van der Waals surface area contributed by atoms with Crippen LogP contribution in [0.1, 0.15) is 30.9 Å². The van der Waals surface area contributed by atoms with Gasteiger partial charge in [0.25, 0.3) is 0 Å². The monoisotopic (exact) mass is 369 g/mol. The minimum atomic E-state index is -0.664. The Balaban J connectivity index is 1.98. The minimum Gasteiger partial charge on any atom is -0.365 e. The first kappa shape index (κ1) is 18.7. The number of benzene rings is 2. The Morgan fingerprint density at radius 1 is 1.19 bits per heavy atom. The molecule has 1 aliphatic rings. The average molecular weight is 370 g/mol. The second-order valence-electron chi connectivity index (χ2n) is 6.57. The van der Waals surface area contributed by atoms with Gasteiger partial charge >= 0.3 is 0 Å². The third-order valence-corrected chi connectivity index (χ3v) is 5.21. The Hall–Kier alpha value is -2.10. The summed E-state index contributed by atoms with van der Waals surface area (Å²) in [5.74, 6) is -0.241. The van der Waals surface area contributed by atoms with Crippen molar-refractivity contribution in [3.63, 3.8) is 0 Å². The van der Waals surface area contributed by atoms with Crippen LogP contribution in [0.3, 0.4) is 0 Å². The van der Waals surface area contributed by atoms with Crippen LogP contribution >= 0.6 is 11.6 Å². The first-order valence-corrected chi connectivity index (χ1v) is 9.36. The van der Waals surface area contributed by atoms with E-state index in [9.17, 15) is 4.79 Å². The summed E-state index contributed by atoms with van der Waals surface area (Å²) >= 11 is 6.09. The Bertz CT molecular complexity index is 757. The van der Waals surface area contributed by atoms with E-state index in [4.69, 9.17) is 16.3 Å². The van der Waals surface area contributed by atoms with Gasteiger partial charge in [0.1, 0.15) is 5.60 Å². The second kappa shape index (κ2) is 8.52. The van der Waals surface area contributed by atoms with E-state index in [2.05, 4.69) is 5.32 Å². The van der Waals surface area contributed by atoms with Gasteiger partial charge in [-0.1, -0.05) is 66.2 Å². The van der Waals surface area contributed by atoms with Crippen LogP contribution in [0.15, 0.2) is 66.7 Å². The van der Waals surface area contributed by atoms with Gasteiger partial charge in [-0.2, -0.15) is 0 Å². The van der Waals surface area contributed by atoms with Crippen LogP contribution < -0.4 is 5.32 Å². The SMILES string of the molecule is CC=CCC1C(=O)NCCC1(OCc1ccccc1)c1ccc(Cl)cc1. The Morgan fingerprint density at radius 2 is 1.92 bits per heavy atom. The molecule has 3 rings (SSSR count). The number of carbonyl (C=O) groups excluding carboxylic acids is 1. The van der Waals surface area contributed by atoms with Crippen LogP contribution in [0, 0.1) is 5.92 Å². The molecule has 1 heterocycles. The highest BCUT2D eigenvalue weighted by molar-refractivity contribution is 6.30. The van der Waals surface area contributed by atoms with Gasteiger partial charge in [-0.15, -0.1) is 0 Å². The molecule has 2 aromatic rings. The number of carbonyl (C=O) groups is 1. The molecule has 0 aliphatic carbocycles. The van der Waals surface area contributed by atoms with E-state index in [-0.39, 0.29) is 11.8 Å². The van der Waals surface area contributed by atoms with Crippen LogP contribution in [0.25, 0.3) is 0 Å². The number of hydrogen-bond acceptors (Lipinski definition) is 2. The van der Waals surface area contributed by atoms with Crippen LogP contribution in [-0.4, -0.2) is 12.5 Å². The zero-order valence-electron chi connectivity index (χ0n) is 15.0. The summed E-state index contributed by atoms with van der Waals surface area (Å²) in [6.45, 7) is 3.03. The highest BCUT2D eigenvalue weighted by Crippen LogP contribution is 2.42. The Morgan fingerprint density at radius 3 is 2.62 bits per heavy atom. The molecule has 1 amide bonds. The number of hydrogen-bond donors (Lipinski definition) is 1. The Labute approximate surface area is 160 Å². The molecule has 26 heavy (non-hydrogen) atoms. The van der Waals surface area contributed by atoms with Gasteiger partial charge in [-0.05, 0) is 43.0 Å². The van der Waals surface area contributed by atoms with Crippen molar-refractivity contribution in [1.29, 1.82) is 0 Å². The molecule has 4 heteroatoms. The predicted molar refractivity (Wildman–Crippen MR) is 105 cm³/mol. The number of ether oxygens (including phenoxy) is 1. The van der Waals surface area contributed by atoms with Crippen molar-refractivity contribution >= 4 is 17.5 Å². The molecular formula is C22H24ClNO2. The van der Waals surface area contributed by atoms with Crippen molar-refractivity contribution in [3.8, 4) is 0 Å². The quantitative estimate of drug-likeness (QED) is 0.739. The zero-order chi connectivity index (χ0) is 18.4. The summed E-state index contributed by atoms with van der Waals surface area (Å²) in [6, 6.07) is 17.8. The minimum absolute atomic E-state index is 0.0392. The van der Waals surface area contributed by atoms with Crippen molar-refractivity contribution in [2.24, 2.45) is 5.92 Å². The van der Waals surface area contributed by atoms with E-state index in [1.165, 1.54) is 0 Å². The van der Waals surface area contributed by atoms with Gasteiger partial charge < -0.3 is 10.1 Å². The first-order chi connectivity index (χ1) is 12.7. The van der Waals surface area contributed by atoms with Gasteiger partial charge in [-0.25, -0.2) is 0 Å². The van der Waals surface area contributed by atoms with E-state index in [1.54, 1.807) is 0 Å². The predicted octanol–water partition coefficient (Wildman–Crippen LogP) is 4.85. The lowest BCUT2D eigenvalue weighted by molar-refractivity contribution is -0.155. The van der Waals surface area contributed by atoms with Crippen LogP contribution in [0.4, 0.5) is 0 Å². The second-order valence-corrected chi connectivity index (χ2v) is 7.01. The highest BCUT2D eigenvalue weighted by Gasteiger charge is 2.47. The van der Waals surface area contributed by atoms with Crippen molar-refractivity contribution in [1.82, 2.24) is 5.32 Å². The molecule has 0 spiro atoms. The summed E-state index contributed by atoms with van der Waals surface area (Å²) in [5.41, 5.74) is 1.43. The number of rotatable bonds is 6. The van der Waals surface area contributed by atoms with Crippen molar-refractivity contribution in [2.75, 3.05) is 6.54 Å². The molecule has 1 N–H and O–H groups in total. The van der Waals surface area contributed by atoms with Crippen LogP contribution in [-0.2, 0) is 21.7 Å². The van der Waals surface area contributed by atoms with Crippen molar-refractivity contribution in [3.05, 3.63) is 82.9 Å². The molecule has 2 unspecified atom stereocenters. The molecule has 3 nitrogen and oxygen atoms in total. The lowest BCUT2D eigenvalue weighted by Crippen LogP contribution is -2.53. The third-order valence-electron chi connectivity index (χ3n) is 4.95. The molecule has 2 aromatic carbocycles. The molecular weight excluding hydrogens is 346 g/mol. The van der Waals surface area contributed by atoms with E-state index >= 15 is 0 Å². The summed E-state index contributed by atoms with van der Waals surface area (Å²) < 4.78 is 6.52. The van der Waals surface area contributed by atoms with Gasteiger partial charge in [0, 0.05) is 11.6 Å². The fourth-order valence-corrected chi connectivity index (χ4v) is 3.70. The smallest absolute Gasteiger partial charge is 0.226 e. The number of allylic oxidation sites excluding steroid dienone is 2. The van der Waals surface area contributed by atoms with Crippen LogP contribution in [0.5, 0.6) is 0 Å². The van der Waals surface area contributed by atoms with Crippen LogP contribution in [0.2, 0.25) is 5.02 Å². The highest BCUT2D eigenvalue weighted by atomic mass is 35.5. The molecule has 0 bridgehead atoms. The average Bonchev–Trinajstić information content (AvgIpc) is 2.67. The molecule has 0 aromatic heterocycles. The number of nitrogens with one attached hydrogen (secondary N) is 1. The van der Waals surface area contributed by atoms with Gasteiger partial charge in [0.2, 0.25) is 5.91 Å². The molecule has 1 saturated heterocycles. The fourth-order valence-electron chi connectivity index (χ4n) is 3.57. The topological polar surface area (TPSA) is 38.3 Å². The fraction of sp³-hybridized carbons (Fsp3) is 0.318. The number of piperidine rings is 1. The normalized spacial score (nSPS) is 23.2. The molecule has 2 atom stereocenters. The first-order valence-electron chi connectivity index (χ1n) is 8.98. The lowest BCUT2D eigenvalue weighted by atomic mass is 9.74.